The average Bonchev–Trinajstić information content (AvgIpc) is 3.86. The van der Waals surface area contributed by atoms with Gasteiger partial charge >= 0.3 is 5.97 Å². The molecule has 2 fully saturated rings. The van der Waals surface area contributed by atoms with Crippen LogP contribution >= 0.6 is 0 Å². The van der Waals surface area contributed by atoms with Crippen molar-refractivity contribution in [2.45, 2.75) is 0 Å². The van der Waals surface area contributed by atoms with Gasteiger partial charge in [-0.15, -0.1) is 0 Å². The van der Waals surface area contributed by atoms with Crippen molar-refractivity contribution in [3.63, 3.8) is 0 Å². The highest BCUT2D eigenvalue weighted by molar-refractivity contribution is 5.81. The highest BCUT2D eigenvalue weighted by Crippen LogP contribution is 2.05. The Hall–Kier alpha value is -1.81. The van der Waals surface area contributed by atoms with Crippen LogP contribution in [0.4, 0.5) is 0 Å². The summed E-state index contributed by atoms with van der Waals surface area (Å²) in [7, 11) is 0. The summed E-state index contributed by atoms with van der Waals surface area (Å²) < 4.78 is 65.9. The van der Waals surface area contributed by atoms with E-state index in [2.05, 4.69) is 32.8 Å². The minimum atomic E-state index is -0.454. The van der Waals surface area contributed by atoms with E-state index < -0.39 is 5.97 Å². The predicted octanol–water partition coefficient (Wildman–Crippen LogP) is 0.192. The predicted molar refractivity (Wildman–Crippen MR) is 202 cm³/mol. The van der Waals surface area contributed by atoms with Crippen molar-refractivity contribution in [2.24, 2.45) is 0 Å². The van der Waals surface area contributed by atoms with E-state index in [1.54, 1.807) is 0 Å². The summed E-state index contributed by atoms with van der Waals surface area (Å²) in [6.45, 7) is 28.0. The zero-order valence-electron chi connectivity index (χ0n) is 32.8. The molecule has 0 amide bonds. The van der Waals surface area contributed by atoms with E-state index in [1.807, 2.05) is 6.20 Å². The normalized spacial score (nSPS) is 15.4. The lowest BCUT2D eigenvalue weighted by atomic mass is 10.5. The number of esters is 1. The molecule has 0 aromatic carbocycles. The number of carbonyl (C=O) groups is 1. The van der Waals surface area contributed by atoms with Gasteiger partial charge in [0.15, 0.2) is 0 Å². The third-order valence-electron chi connectivity index (χ3n) is 8.12. The molecule has 0 bridgehead atoms. The van der Waals surface area contributed by atoms with Crippen LogP contribution in [-0.2, 0) is 61.6 Å². The number of nitrogens with zero attached hydrogens (tertiary/aromatic N) is 4. The lowest BCUT2D eigenvalue weighted by molar-refractivity contribution is -0.139. The first-order valence-corrected chi connectivity index (χ1v) is 19.4. The summed E-state index contributed by atoms with van der Waals surface area (Å²) in [6, 6.07) is 0. The molecule has 54 heavy (non-hydrogen) atoms. The zero-order chi connectivity index (χ0) is 38.4. The zero-order valence-corrected chi connectivity index (χ0v) is 32.8. The minimum Gasteiger partial charge on any atom is -0.460 e. The standard InChI is InChI=1S/C37H70N4O13/c1-3-37(42)54-34-33-53-32-31-52-30-29-51-26-23-48-20-17-45-14-11-41-8-7-40(36-41)10-13-44-16-19-47-22-25-50-28-27-49-24-21-46-18-15-43-12-9-39-6-5-38(4-2)35-39/h3-4H,1-2,5-36H2. The molecule has 0 atom stereocenters. The number of hydrogen-bond acceptors (Lipinski definition) is 17. The van der Waals surface area contributed by atoms with Gasteiger partial charge in [-0.2, -0.15) is 0 Å². The third kappa shape index (κ3) is 29.5. The Bertz CT molecular complexity index is 882. The highest BCUT2D eigenvalue weighted by Gasteiger charge is 2.19. The van der Waals surface area contributed by atoms with Crippen LogP contribution in [-0.4, -0.2) is 237 Å². The molecule has 0 N–H and O–H groups in total. The molecule has 0 spiro atoms. The van der Waals surface area contributed by atoms with Crippen molar-refractivity contribution >= 4 is 5.97 Å². The molecule has 2 rings (SSSR count). The minimum absolute atomic E-state index is 0.203. The second-order valence-electron chi connectivity index (χ2n) is 12.2. The van der Waals surface area contributed by atoms with Gasteiger partial charge in [0.25, 0.3) is 0 Å². The van der Waals surface area contributed by atoms with Crippen molar-refractivity contribution in [1.29, 1.82) is 0 Å². The van der Waals surface area contributed by atoms with Crippen LogP contribution in [0.25, 0.3) is 0 Å². The molecule has 2 heterocycles. The maximum atomic E-state index is 10.9. The fraction of sp³-hybridized carbons (Fsp3) is 0.865. The van der Waals surface area contributed by atoms with Crippen molar-refractivity contribution in [3.05, 3.63) is 25.4 Å². The van der Waals surface area contributed by atoms with Gasteiger partial charge < -0.3 is 61.7 Å². The fourth-order valence-corrected chi connectivity index (χ4v) is 5.10. The summed E-state index contributed by atoms with van der Waals surface area (Å²) in [6.07, 6.45) is 3.01. The lowest BCUT2D eigenvalue weighted by Crippen LogP contribution is -2.30. The average molecular weight is 779 g/mol. The van der Waals surface area contributed by atoms with Gasteiger partial charge in [0.2, 0.25) is 0 Å². The topological polar surface area (TPSA) is 141 Å². The molecule has 0 aromatic heterocycles. The first-order chi connectivity index (χ1) is 26.7. The second kappa shape index (κ2) is 36.8. The van der Waals surface area contributed by atoms with Crippen LogP contribution in [0.1, 0.15) is 0 Å². The maximum absolute atomic E-state index is 10.9. The molecule has 2 saturated heterocycles. The van der Waals surface area contributed by atoms with E-state index in [0.717, 1.165) is 65.2 Å². The van der Waals surface area contributed by atoms with Gasteiger partial charge in [-0.3, -0.25) is 14.7 Å². The van der Waals surface area contributed by atoms with Crippen LogP contribution in [0, 0.1) is 0 Å². The van der Waals surface area contributed by atoms with Crippen LogP contribution in [0.5, 0.6) is 0 Å². The Kier molecular flexibility index (Phi) is 32.9. The molecule has 0 saturated carbocycles. The summed E-state index contributed by atoms with van der Waals surface area (Å²) >= 11 is 0. The first-order valence-electron chi connectivity index (χ1n) is 19.4. The molecule has 17 nitrogen and oxygen atoms in total. The van der Waals surface area contributed by atoms with Crippen molar-refractivity contribution < 1.29 is 61.6 Å². The summed E-state index contributed by atoms with van der Waals surface area (Å²) in [5, 5.41) is 0. The Morgan fingerprint density at radius 1 is 0.389 bits per heavy atom. The monoisotopic (exact) mass is 778 g/mol. The van der Waals surface area contributed by atoms with Crippen molar-refractivity contribution in [2.75, 3.05) is 211 Å². The van der Waals surface area contributed by atoms with Crippen LogP contribution < -0.4 is 0 Å². The fourth-order valence-electron chi connectivity index (χ4n) is 5.10. The van der Waals surface area contributed by atoms with Gasteiger partial charge in [-0.1, -0.05) is 13.2 Å². The third-order valence-corrected chi connectivity index (χ3v) is 8.12. The van der Waals surface area contributed by atoms with Gasteiger partial charge in [0.05, 0.1) is 159 Å². The van der Waals surface area contributed by atoms with E-state index in [0.29, 0.717) is 145 Å². The van der Waals surface area contributed by atoms with E-state index in [-0.39, 0.29) is 6.61 Å². The molecular weight excluding hydrogens is 708 g/mol. The molecule has 0 aliphatic carbocycles. The number of carbonyl (C=O) groups excluding carboxylic acids is 1. The van der Waals surface area contributed by atoms with Crippen LogP contribution in [0.15, 0.2) is 25.4 Å². The Labute approximate surface area is 323 Å². The summed E-state index contributed by atoms with van der Waals surface area (Å²) in [5.74, 6) is -0.454. The Morgan fingerprint density at radius 2 is 0.667 bits per heavy atom. The SMILES string of the molecule is C=CC(=O)OCCOCCOCCOCCOCCOCCN1CCN(CCOCCOCCOCCOCCOCCOCCN2CCN(C=C)C2)C1. The van der Waals surface area contributed by atoms with E-state index >= 15 is 0 Å². The number of hydrogen-bond donors (Lipinski definition) is 0. The highest BCUT2D eigenvalue weighted by atomic mass is 16.6. The number of rotatable bonds is 41. The van der Waals surface area contributed by atoms with E-state index in [4.69, 9.17) is 56.8 Å². The van der Waals surface area contributed by atoms with E-state index in [9.17, 15) is 4.79 Å². The molecule has 2 aliphatic rings. The lowest BCUT2D eigenvalue weighted by Gasteiger charge is -2.18. The van der Waals surface area contributed by atoms with Crippen molar-refractivity contribution in [1.82, 2.24) is 19.6 Å². The van der Waals surface area contributed by atoms with Gasteiger partial charge in [-0.05, 0) is 6.20 Å². The van der Waals surface area contributed by atoms with Crippen LogP contribution in [0.2, 0.25) is 0 Å². The summed E-state index contributed by atoms with van der Waals surface area (Å²) in [5.41, 5.74) is 0. The quantitative estimate of drug-likeness (QED) is 0.0474. The molecule has 316 valence electrons. The molecule has 17 heteroatoms. The Morgan fingerprint density at radius 3 is 0.963 bits per heavy atom. The molecule has 0 radical (unpaired) electrons. The number of ether oxygens (including phenoxy) is 12. The molecule has 0 aromatic rings. The van der Waals surface area contributed by atoms with Crippen molar-refractivity contribution in [3.8, 4) is 0 Å². The Balaban J connectivity index is 1.18. The molecule has 0 unspecified atom stereocenters. The van der Waals surface area contributed by atoms with Gasteiger partial charge in [0.1, 0.15) is 6.61 Å². The van der Waals surface area contributed by atoms with Gasteiger partial charge in [0, 0.05) is 51.9 Å². The molecular formula is C37H70N4O13. The maximum Gasteiger partial charge on any atom is 0.330 e. The smallest absolute Gasteiger partial charge is 0.330 e. The first kappa shape index (κ1) is 48.3. The second-order valence-corrected chi connectivity index (χ2v) is 12.2. The molecule has 2 aliphatic heterocycles. The summed E-state index contributed by atoms with van der Waals surface area (Å²) in [4.78, 5) is 20.2. The largest absolute Gasteiger partial charge is 0.460 e. The van der Waals surface area contributed by atoms with Gasteiger partial charge in [-0.25, -0.2) is 4.79 Å². The van der Waals surface area contributed by atoms with E-state index in [1.165, 1.54) is 0 Å². The van der Waals surface area contributed by atoms with Crippen LogP contribution in [0.3, 0.4) is 0 Å².